The Morgan fingerprint density at radius 1 is 1.19 bits per heavy atom. The summed E-state index contributed by atoms with van der Waals surface area (Å²) >= 11 is 0. The lowest BCUT2D eigenvalue weighted by Crippen LogP contribution is -2.53. The van der Waals surface area contributed by atoms with Crippen molar-refractivity contribution in [3.63, 3.8) is 0 Å². The van der Waals surface area contributed by atoms with E-state index in [0.29, 0.717) is 19.0 Å². The Morgan fingerprint density at radius 3 is 2.59 bits per heavy atom. The van der Waals surface area contributed by atoms with Crippen LogP contribution >= 0.6 is 0 Å². The average molecular weight is 434 g/mol. The van der Waals surface area contributed by atoms with Gasteiger partial charge in [-0.1, -0.05) is 39.0 Å². The molecule has 2 aromatic rings. The largest absolute Gasteiger partial charge is 0.377 e. The van der Waals surface area contributed by atoms with E-state index in [1.54, 1.807) is 0 Å². The van der Waals surface area contributed by atoms with E-state index in [1.807, 2.05) is 17.3 Å². The van der Waals surface area contributed by atoms with Gasteiger partial charge in [-0.05, 0) is 29.0 Å². The SMILES string of the molecule is CC(C)(C)CC(=O)N1CC=C(c2cnc(-c3ccc4c(c3)N(C3COC3)NC4)nc2)CC1. The molecular weight excluding hydrogens is 402 g/mol. The minimum atomic E-state index is 0.0149. The number of nitrogens with one attached hydrogen (secondary N) is 1. The zero-order valence-corrected chi connectivity index (χ0v) is 19.1. The molecule has 32 heavy (non-hydrogen) atoms. The summed E-state index contributed by atoms with van der Waals surface area (Å²) in [5.74, 6) is 0.958. The number of aromatic nitrogens is 2. The molecule has 168 valence electrons. The summed E-state index contributed by atoms with van der Waals surface area (Å²) in [6, 6.07) is 6.81. The van der Waals surface area contributed by atoms with Crippen LogP contribution in [0, 0.1) is 5.41 Å². The first-order chi connectivity index (χ1) is 15.4. The van der Waals surface area contributed by atoms with E-state index in [0.717, 1.165) is 49.7 Å². The molecule has 1 N–H and O–H groups in total. The maximum absolute atomic E-state index is 12.5. The van der Waals surface area contributed by atoms with E-state index in [2.05, 4.69) is 65.4 Å². The van der Waals surface area contributed by atoms with Crippen LogP contribution in [-0.4, -0.2) is 53.1 Å². The summed E-state index contributed by atoms with van der Waals surface area (Å²) in [4.78, 5) is 23.8. The van der Waals surface area contributed by atoms with Gasteiger partial charge in [0.25, 0.3) is 0 Å². The monoisotopic (exact) mass is 433 g/mol. The fourth-order valence-corrected chi connectivity index (χ4v) is 4.40. The topological polar surface area (TPSA) is 70.6 Å². The van der Waals surface area contributed by atoms with Crippen molar-refractivity contribution in [2.75, 3.05) is 31.3 Å². The van der Waals surface area contributed by atoms with Crippen molar-refractivity contribution in [1.82, 2.24) is 20.3 Å². The summed E-state index contributed by atoms with van der Waals surface area (Å²) in [6.45, 7) is 10.1. The van der Waals surface area contributed by atoms with Crippen molar-refractivity contribution in [1.29, 1.82) is 0 Å². The van der Waals surface area contributed by atoms with Crippen LogP contribution in [0.25, 0.3) is 17.0 Å². The Labute approximate surface area is 189 Å². The van der Waals surface area contributed by atoms with Gasteiger partial charge in [0, 0.05) is 49.6 Å². The fraction of sp³-hybridized carbons (Fsp3) is 0.480. The number of hydrazine groups is 1. The van der Waals surface area contributed by atoms with Gasteiger partial charge >= 0.3 is 0 Å². The highest BCUT2D eigenvalue weighted by atomic mass is 16.5. The van der Waals surface area contributed by atoms with E-state index in [4.69, 9.17) is 4.74 Å². The molecule has 0 bridgehead atoms. The van der Waals surface area contributed by atoms with Crippen LogP contribution < -0.4 is 10.4 Å². The number of amides is 1. The average Bonchev–Trinajstić information content (AvgIpc) is 3.14. The van der Waals surface area contributed by atoms with Gasteiger partial charge in [-0.15, -0.1) is 0 Å². The molecule has 1 aromatic carbocycles. The molecule has 1 aromatic heterocycles. The summed E-state index contributed by atoms with van der Waals surface area (Å²) in [7, 11) is 0. The number of nitrogens with zero attached hydrogens (tertiary/aromatic N) is 4. The van der Waals surface area contributed by atoms with Crippen LogP contribution in [0.4, 0.5) is 5.69 Å². The molecular formula is C25H31N5O2. The minimum absolute atomic E-state index is 0.0149. The van der Waals surface area contributed by atoms with Crippen LogP contribution in [0.5, 0.6) is 0 Å². The highest BCUT2D eigenvalue weighted by Gasteiger charge is 2.31. The molecule has 0 aliphatic carbocycles. The first-order valence-electron chi connectivity index (χ1n) is 11.4. The van der Waals surface area contributed by atoms with Gasteiger partial charge in [0.1, 0.15) is 0 Å². The van der Waals surface area contributed by atoms with Gasteiger partial charge in [-0.2, -0.15) is 0 Å². The summed E-state index contributed by atoms with van der Waals surface area (Å²) in [5.41, 5.74) is 9.21. The number of anilines is 1. The molecule has 7 nitrogen and oxygen atoms in total. The van der Waals surface area contributed by atoms with E-state index in [1.165, 1.54) is 16.8 Å². The van der Waals surface area contributed by atoms with Crippen LogP contribution in [0.15, 0.2) is 36.7 Å². The standard InChI is InChI=1S/C25H31N5O2/c1-25(2,3)11-23(31)29-8-6-17(7-9-29)20-12-26-24(27-13-20)18-4-5-19-14-28-30(22(19)10-18)21-15-32-16-21/h4-6,10,12-13,21,28H,7-9,11,14-16H2,1-3H3. The molecule has 3 aliphatic rings. The number of hydrogen-bond acceptors (Lipinski definition) is 6. The molecule has 5 rings (SSSR count). The molecule has 7 heteroatoms. The highest BCUT2D eigenvalue weighted by Crippen LogP contribution is 2.33. The molecule has 0 atom stereocenters. The second-order valence-electron chi connectivity index (χ2n) is 10.1. The number of hydrogen-bond donors (Lipinski definition) is 1. The van der Waals surface area contributed by atoms with Crippen molar-refractivity contribution in [2.45, 2.75) is 46.2 Å². The smallest absolute Gasteiger partial charge is 0.223 e. The third kappa shape index (κ3) is 4.27. The number of rotatable bonds is 4. The van der Waals surface area contributed by atoms with E-state index < -0.39 is 0 Å². The van der Waals surface area contributed by atoms with Gasteiger partial charge in [0.05, 0.1) is 24.9 Å². The Hall–Kier alpha value is -2.77. The number of carbonyl (C=O) groups is 1. The first-order valence-corrected chi connectivity index (χ1v) is 11.4. The first kappa shape index (κ1) is 21.1. The molecule has 0 spiro atoms. The lowest BCUT2D eigenvalue weighted by molar-refractivity contribution is -0.132. The molecule has 1 saturated heterocycles. The molecule has 0 unspecified atom stereocenters. The normalized spacial score (nSPS) is 18.9. The Bertz CT molecular complexity index is 1040. The van der Waals surface area contributed by atoms with Crippen LogP contribution in [0.1, 0.15) is 44.7 Å². The van der Waals surface area contributed by atoms with Gasteiger partial charge in [-0.3, -0.25) is 4.79 Å². The van der Waals surface area contributed by atoms with Crippen LogP contribution in [-0.2, 0) is 16.1 Å². The number of fused-ring (bicyclic) bond motifs is 1. The zero-order chi connectivity index (χ0) is 22.3. The fourth-order valence-electron chi connectivity index (χ4n) is 4.40. The van der Waals surface area contributed by atoms with Crippen molar-refractivity contribution in [2.24, 2.45) is 5.41 Å². The maximum atomic E-state index is 12.5. The number of benzene rings is 1. The van der Waals surface area contributed by atoms with E-state index in [9.17, 15) is 4.79 Å². The van der Waals surface area contributed by atoms with Crippen LogP contribution in [0.3, 0.4) is 0 Å². The van der Waals surface area contributed by atoms with Gasteiger partial charge in [0.15, 0.2) is 5.82 Å². The molecule has 4 heterocycles. The van der Waals surface area contributed by atoms with Crippen molar-refractivity contribution >= 4 is 17.2 Å². The third-order valence-electron chi connectivity index (χ3n) is 6.29. The molecule has 1 amide bonds. The number of ether oxygens (including phenoxy) is 1. The Kier molecular flexibility index (Phi) is 5.47. The molecule has 0 radical (unpaired) electrons. The molecule has 1 fully saturated rings. The summed E-state index contributed by atoms with van der Waals surface area (Å²) < 4.78 is 5.36. The van der Waals surface area contributed by atoms with Gasteiger partial charge < -0.3 is 14.6 Å². The van der Waals surface area contributed by atoms with E-state index in [-0.39, 0.29) is 11.3 Å². The maximum Gasteiger partial charge on any atom is 0.223 e. The van der Waals surface area contributed by atoms with Crippen molar-refractivity contribution in [3.05, 3.63) is 47.8 Å². The van der Waals surface area contributed by atoms with Crippen molar-refractivity contribution in [3.8, 4) is 11.4 Å². The third-order valence-corrected chi connectivity index (χ3v) is 6.29. The summed E-state index contributed by atoms with van der Waals surface area (Å²) in [6.07, 6.45) is 7.37. The lowest BCUT2D eigenvalue weighted by Gasteiger charge is -2.36. The quantitative estimate of drug-likeness (QED) is 0.797. The Balaban J connectivity index is 1.28. The number of carbonyl (C=O) groups excluding carboxylic acids is 1. The minimum Gasteiger partial charge on any atom is -0.377 e. The predicted octanol–water partition coefficient (Wildman–Crippen LogP) is 3.42. The lowest BCUT2D eigenvalue weighted by atomic mass is 9.91. The van der Waals surface area contributed by atoms with Gasteiger partial charge in [0.2, 0.25) is 5.91 Å². The zero-order valence-electron chi connectivity index (χ0n) is 19.1. The highest BCUT2D eigenvalue weighted by molar-refractivity contribution is 5.79. The molecule has 0 saturated carbocycles. The Morgan fingerprint density at radius 2 is 1.97 bits per heavy atom. The second-order valence-corrected chi connectivity index (χ2v) is 10.1. The summed E-state index contributed by atoms with van der Waals surface area (Å²) in [5, 5.41) is 2.22. The van der Waals surface area contributed by atoms with E-state index >= 15 is 0 Å². The van der Waals surface area contributed by atoms with Gasteiger partial charge in [-0.25, -0.2) is 15.4 Å². The van der Waals surface area contributed by atoms with Crippen molar-refractivity contribution < 1.29 is 9.53 Å². The molecule has 3 aliphatic heterocycles. The van der Waals surface area contributed by atoms with Crippen LogP contribution in [0.2, 0.25) is 0 Å². The predicted molar refractivity (Wildman–Crippen MR) is 125 cm³/mol. The second kappa shape index (κ2) is 8.30.